The van der Waals surface area contributed by atoms with Gasteiger partial charge >= 0.3 is 11.6 Å². The lowest BCUT2D eigenvalue weighted by atomic mass is 9.99. The maximum atomic E-state index is 14.8. The number of aromatic amines is 1. The van der Waals surface area contributed by atoms with E-state index in [0.29, 0.717) is 23.0 Å². The van der Waals surface area contributed by atoms with Gasteiger partial charge in [-0.25, -0.2) is 13.8 Å². The van der Waals surface area contributed by atoms with Crippen molar-refractivity contribution < 1.29 is 34.8 Å². The number of rotatable bonds is 10. The van der Waals surface area contributed by atoms with E-state index in [-0.39, 0.29) is 23.5 Å². The molecule has 1 aliphatic rings. The summed E-state index contributed by atoms with van der Waals surface area (Å²) in [4.78, 5) is 27.0. The first-order valence-electron chi connectivity index (χ1n) is 11.0. The molecule has 1 fully saturated rings. The molecule has 1 aromatic heterocycles. The molecule has 6 N–H and O–H groups in total. The molecule has 11 nitrogen and oxygen atoms in total. The maximum absolute atomic E-state index is 14.8. The predicted molar refractivity (Wildman–Crippen MR) is 116 cm³/mol. The van der Waals surface area contributed by atoms with Crippen LogP contribution in [0.2, 0.25) is 0 Å². The highest BCUT2D eigenvalue weighted by Crippen LogP contribution is 2.44. The second-order valence-corrected chi connectivity index (χ2v) is 8.34. The molecule has 0 radical (unpaired) electrons. The van der Waals surface area contributed by atoms with Crippen LogP contribution in [0.25, 0.3) is 0 Å². The molecule has 2 aromatic rings. The number of aliphatic hydroxyl groups excluding tert-OH is 2. The lowest BCUT2D eigenvalue weighted by molar-refractivity contribution is -0.428. The van der Waals surface area contributed by atoms with Crippen LogP contribution in [0.5, 0.6) is 0 Å². The van der Waals surface area contributed by atoms with E-state index in [0.717, 1.165) is 12.6 Å². The number of aliphatic hydroxyl groups is 4. The van der Waals surface area contributed by atoms with E-state index in [1.165, 1.54) is 0 Å². The zero-order valence-electron chi connectivity index (χ0n) is 18.7. The van der Waals surface area contributed by atoms with Crippen molar-refractivity contribution in [2.45, 2.75) is 69.2 Å². The van der Waals surface area contributed by atoms with Crippen LogP contribution in [0.1, 0.15) is 43.7 Å². The third-order valence-corrected chi connectivity index (χ3v) is 5.98. The van der Waals surface area contributed by atoms with Crippen LogP contribution < -0.4 is 11.2 Å². The predicted octanol–water partition coefficient (Wildman–Crippen LogP) is -0.262. The van der Waals surface area contributed by atoms with Crippen molar-refractivity contribution in [2.75, 3.05) is 6.61 Å². The summed E-state index contributed by atoms with van der Waals surface area (Å²) in [5.74, 6) is -3.28. The Morgan fingerprint density at radius 3 is 2.53 bits per heavy atom. The van der Waals surface area contributed by atoms with Crippen LogP contribution in [0.3, 0.4) is 0 Å². The summed E-state index contributed by atoms with van der Waals surface area (Å²) in [7, 11) is 0. The standard InChI is InChI=1S/C22H30FN3O8/c1-2-3-5-10-17(23)26(33)21(31)18(28)16(13-27)34-22(21,32)25-12-15(19(29)24-20(25)30)11-14-8-6-4-7-9-14/h4,6-9,12,16-18,27-28,31-33H,2-3,5,10-11,13H2,1H3,(H,24,29,30)/t16-,17?,18-,21-,22+/m1/s1. The first kappa shape index (κ1) is 26.2. The van der Waals surface area contributed by atoms with Gasteiger partial charge in [0.15, 0.2) is 6.30 Å². The number of hydrogen-bond acceptors (Lipinski definition) is 9. The Labute approximate surface area is 194 Å². The Balaban J connectivity index is 2.08. The fourth-order valence-corrected chi connectivity index (χ4v) is 4.05. The lowest BCUT2D eigenvalue weighted by Crippen LogP contribution is -2.69. The van der Waals surface area contributed by atoms with Crippen LogP contribution in [0.4, 0.5) is 4.39 Å². The Morgan fingerprint density at radius 2 is 1.91 bits per heavy atom. The highest BCUT2D eigenvalue weighted by atomic mass is 19.1. The van der Waals surface area contributed by atoms with Gasteiger partial charge in [0.25, 0.3) is 5.56 Å². The highest BCUT2D eigenvalue weighted by Gasteiger charge is 2.71. The van der Waals surface area contributed by atoms with Crippen molar-refractivity contribution in [3.63, 3.8) is 0 Å². The zero-order chi connectivity index (χ0) is 25.1. The molecule has 1 aromatic carbocycles. The van der Waals surface area contributed by atoms with Crippen molar-refractivity contribution in [3.8, 4) is 0 Å². The number of ether oxygens (including phenoxy) is 1. The second kappa shape index (κ2) is 10.4. The van der Waals surface area contributed by atoms with Crippen LogP contribution in [0, 0.1) is 0 Å². The Hall–Kier alpha value is -2.45. The molecule has 12 heteroatoms. The van der Waals surface area contributed by atoms with Crippen molar-refractivity contribution in [1.29, 1.82) is 0 Å². The number of hydroxylamine groups is 2. The molecule has 2 heterocycles. The number of alkyl halides is 1. The highest BCUT2D eigenvalue weighted by molar-refractivity contribution is 5.23. The van der Waals surface area contributed by atoms with Crippen molar-refractivity contribution in [2.24, 2.45) is 0 Å². The number of halogens is 1. The first-order chi connectivity index (χ1) is 16.1. The summed E-state index contributed by atoms with van der Waals surface area (Å²) in [6.07, 6.45) is -3.87. The number of nitrogens with one attached hydrogen (secondary N) is 1. The van der Waals surface area contributed by atoms with Crippen molar-refractivity contribution >= 4 is 0 Å². The normalized spacial score (nSPS) is 27.9. The molecule has 0 amide bonds. The van der Waals surface area contributed by atoms with E-state index < -0.39 is 48.0 Å². The lowest BCUT2D eigenvalue weighted by Gasteiger charge is -2.43. The third kappa shape index (κ3) is 4.58. The van der Waals surface area contributed by atoms with Gasteiger partial charge in [-0.1, -0.05) is 50.1 Å². The van der Waals surface area contributed by atoms with E-state index in [1.54, 1.807) is 30.3 Å². The minimum absolute atomic E-state index is 0.0164. The van der Waals surface area contributed by atoms with Gasteiger partial charge in [-0.3, -0.25) is 9.78 Å². The maximum Gasteiger partial charge on any atom is 0.332 e. The first-order valence-corrected chi connectivity index (χ1v) is 11.0. The summed E-state index contributed by atoms with van der Waals surface area (Å²) >= 11 is 0. The number of benzene rings is 1. The monoisotopic (exact) mass is 483 g/mol. The molecular formula is C22H30FN3O8. The Bertz CT molecular complexity index is 1080. The molecule has 1 aliphatic heterocycles. The smallest absolute Gasteiger partial charge is 0.332 e. The average molecular weight is 483 g/mol. The van der Waals surface area contributed by atoms with Crippen LogP contribution in [-0.2, 0) is 17.1 Å². The largest absolute Gasteiger partial charge is 0.394 e. The SMILES string of the molecule is CCCCCC(F)N(O)[C@@]1(O)[C@H](O)[C@@H](CO)O[C@]1(O)n1cc(Cc2ccccc2)c(=O)[nH]c1=O. The van der Waals surface area contributed by atoms with E-state index in [1.807, 2.05) is 11.9 Å². The van der Waals surface area contributed by atoms with Gasteiger partial charge in [0.2, 0.25) is 5.72 Å². The van der Waals surface area contributed by atoms with Gasteiger partial charge < -0.3 is 30.4 Å². The third-order valence-electron chi connectivity index (χ3n) is 5.98. The van der Waals surface area contributed by atoms with Gasteiger partial charge in [0.1, 0.15) is 12.2 Å². The number of unbranched alkanes of at least 4 members (excludes halogenated alkanes) is 2. The van der Waals surface area contributed by atoms with Gasteiger partial charge in [-0.15, -0.1) is 5.06 Å². The average Bonchev–Trinajstić information content (AvgIpc) is 3.03. The van der Waals surface area contributed by atoms with Crippen molar-refractivity contribution in [3.05, 3.63) is 68.5 Å². The fourth-order valence-electron chi connectivity index (χ4n) is 4.05. The molecule has 5 atom stereocenters. The number of H-pyrrole nitrogens is 1. The van der Waals surface area contributed by atoms with Crippen LogP contribution >= 0.6 is 0 Å². The summed E-state index contributed by atoms with van der Waals surface area (Å²) in [5, 5.41) is 53.0. The molecular weight excluding hydrogens is 453 g/mol. The minimum atomic E-state index is -3.32. The summed E-state index contributed by atoms with van der Waals surface area (Å²) in [6, 6.07) is 8.67. The zero-order valence-corrected chi connectivity index (χ0v) is 18.7. The van der Waals surface area contributed by atoms with E-state index in [2.05, 4.69) is 0 Å². The van der Waals surface area contributed by atoms with Crippen LogP contribution in [0.15, 0.2) is 46.1 Å². The Morgan fingerprint density at radius 1 is 1.24 bits per heavy atom. The quantitative estimate of drug-likeness (QED) is 0.115. The number of hydrogen-bond donors (Lipinski definition) is 6. The molecule has 188 valence electrons. The van der Waals surface area contributed by atoms with Crippen molar-refractivity contribution in [1.82, 2.24) is 14.6 Å². The Kier molecular flexibility index (Phi) is 8.03. The topological polar surface area (TPSA) is 168 Å². The molecule has 1 saturated heterocycles. The van der Waals surface area contributed by atoms with E-state index >= 15 is 0 Å². The van der Waals surface area contributed by atoms with Gasteiger partial charge in [-0.2, -0.15) is 0 Å². The van der Waals surface area contributed by atoms with Crippen LogP contribution in [-0.4, -0.2) is 71.1 Å². The summed E-state index contributed by atoms with van der Waals surface area (Å²) in [5.41, 5.74) is -4.71. The van der Waals surface area contributed by atoms with Gasteiger partial charge in [-0.05, 0) is 18.4 Å². The van der Waals surface area contributed by atoms with Gasteiger partial charge in [0.05, 0.1) is 6.61 Å². The van der Waals surface area contributed by atoms with Gasteiger partial charge in [0, 0.05) is 18.2 Å². The summed E-state index contributed by atoms with van der Waals surface area (Å²) in [6.45, 7) is 0.938. The second-order valence-electron chi connectivity index (χ2n) is 8.34. The number of aromatic nitrogens is 2. The van der Waals surface area contributed by atoms with E-state index in [4.69, 9.17) is 4.74 Å². The number of nitrogens with zero attached hydrogens (tertiary/aromatic N) is 2. The molecule has 0 saturated carbocycles. The molecule has 0 spiro atoms. The van der Waals surface area contributed by atoms with E-state index in [9.17, 15) is 39.6 Å². The fraction of sp³-hybridized carbons (Fsp3) is 0.545. The minimum Gasteiger partial charge on any atom is -0.394 e. The molecule has 1 unspecified atom stereocenters. The molecule has 3 rings (SSSR count). The summed E-state index contributed by atoms with van der Waals surface area (Å²) < 4.78 is 20.4. The molecule has 34 heavy (non-hydrogen) atoms. The molecule has 0 aliphatic carbocycles. The molecule has 0 bridgehead atoms.